The molecule has 5 rings (SSSR count). The van der Waals surface area contributed by atoms with Gasteiger partial charge in [-0.15, -0.1) is 0 Å². The van der Waals surface area contributed by atoms with Gasteiger partial charge in [0.2, 0.25) is 0 Å². The number of hydrogen-bond donors (Lipinski definition) is 1. The lowest BCUT2D eigenvalue weighted by Gasteiger charge is -2.57. The van der Waals surface area contributed by atoms with Crippen LogP contribution in [0.2, 0.25) is 0 Å². The molecule has 2 heteroatoms. The number of hydrogen-bond acceptors (Lipinski definition) is 2. The van der Waals surface area contributed by atoms with Crippen LogP contribution < -0.4 is 5.73 Å². The van der Waals surface area contributed by atoms with Crippen molar-refractivity contribution in [2.24, 2.45) is 34.3 Å². The molecule has 0 aliphatic heterocycles. The van der Waals surface area contributed by atoms with Gasteiger partial charge in [-0.3, -0.25) is 4.98 Å². The molecule has 0 radical (unpaired) electrons. The van der Waals surface area contributed by atoms with Crippen molar-refractivity contribution in [1.82, 2.24) is 4.98 Å². The summed E-state index contributed by atoms with van der Waals surface area (Å²) in [6.07, 6.45) is 18.0. The quantitative estimate of drug-likeness (QED) is 0.693. The van der Waals surface area contributed by atoms with Crippen molar-refractivity contribution >= 4 is 5.57 Å². The molecular weight excluding hydrogens is 316 g/mol. The van der Waals surface area contributed by atoms with Crippen LogP contribution in [0.4, 0.5) is 0 Å². The third kappa shape index (κ3) is 2.24. The molecule has 2 N–H and O–H groups in total. The summed E-state index contributed by atoms with van der Waals surface area (Å²) in [6.45, 7) is 5.10. The lowest BCUT2D eigenvalue weighted by molar-refractivity contribution is -0.0113. The van der Waals surface area contributed by atoms with Crippen LogP contribution in [0.15, 0.2) is 42.3 Å². The smallest absolute Gasteiger partial charge is 0.0343 e. The molecule has 2 nitrogen and oxygen atoms in total. The number of aromatic nitrogens is 1. The first-order valence-electron chi connectivity index (χ1n) is 10.6. The Balaban J connectivity index is 1.48. The van der Waals surface area contributed by atoms with Crippen molar-refractivity contribution in [2.75, 3.05) is 0 Å². The van der Waals surface area contributed by atoms with Gasteiger partial charge >= 0.3 is 0 Å². The summed E-state index contributed by atoms with van der Waals surface area (Å²) in [5, 5.41) is 0. The van der Waals surface area contributed by atoms with Crippen molar-refractivity contribution in [3.63, 3.8) is 0 Å². The highest BCUT2D eigenvalue weighted by molar-refractivity contribution is 5.72. The van der Waals surface area contributed by atoms with Crippen molar-refractivity contribution in [3.8, 4) is 0 Å². The number of pyridine rings is 1. The summed E-state index contributed by atoms with van der Waals surface area (Å²) in [5.41, 5.74) is 11.7. The standard InChI is InChI=1S/C24H32N2/c1-23-11-9-18(25)14-17(23)5-6-19-21-8-7-20(16-4-3-13-26-15-16)24(21,2)12-10-22(19)23/h3-5,7,13,15,18-19,21-22H,6,8-12,14,25H2,1-2H3. The molecule has 1 aromatic heterocycles. The molecule has 0 spiro atoms. The summed E-state index contributed by atoms with van der Waals surface area (Å²) in [6, 6.07) is 4.73. The SMILES string of the molecule is CC12CCC(N)CC1=CCC1C2CCC2(C)C(c3cccnc3)=CCC12. The topological polar surface area (TPSA) is 38.9 Å². The number of allylic oxidation sites excluding steroid dienone is 3. The van der Waals surface area contributed by atoms with Gasteiger partial charge in [0, 0.05) is 18.4 Å². The van der Waals surface area contributed by atoms with Gasteiger partial charge in [-0.25, -0.2) is 0 Å². The normalized spacial score (nSPS) is 44.4. The second-order valence-electron chi connectivity index (χ2n) is 9.81. The Labute approximate surface area is 158 Å². The minimum Gasteiger partial charge on any atom is -0.327 e. The first-order valence-corrected chi connectivity index (χ1v) is 10.6. The van der Waals surface area contributed by atoms with Gasteiger partial charge < -0.3 is 5.73 Å². The summed E-state index contributed by atoms with van der Waals surface area (Å²) in [4.78, 5) is 4.39. The molecule has 138 valence electrons. The molecule has 0 aromatic carbocycles. The van der Waals surface area contributed by atoms with Gasteiger partial charge in [-0.2, -0.15) is 0 Å². The van der Waals surface area contributed by atoms with Crippen molar-refractivity contribution < 1.29 is 0 Å². The Morgan fingerprint density at radius 1 is 1.04 bits per heavy atom. The Morgan fingerprint density at radius 2 is 1.88 bits per heavy atom. The summed E-state index contributed by atoms with van der Waals surface area (Å²) < 4.78 is 0. The molecule has 2 fully saturated rings. The van der Waals surface area contributed by atoms with Gasteiger partial charge in [0.15, 0.2) is 0 Å². The molecule has 4 aliphatic carbocycles. The Morgan fingerprint density at radius 3 is 2.69 bits per heavy atom. The fourth-order valence-electron chi connectivity index (χ4n) is 7.23. The Bertz CT molecular complexity index is 764. The van der Waals surface area contributed by atoms with Crippen LogP contribution in [0.3, 0.4) is 0 Å². The zero-order valence-corrected chi connectivity index (χ0v) is 16.2. The molecule has 0 amide bonds. The van der Waals surface area contributed by atoms with Crippen LogP contribution >= 0.6 is 0 Å². The second kappa shape index (κ2) is 5.79. The third-order valence-electron chi connectivity index (χ3n) is 8.70. The first-order chi connectivity index (χ1) is 12.5. The molecular formula is C24H32N2. The van der Waals surface area contributed by atoms with E-state index in [1.807, 2.05) is 6.20 Å². The molecule has 26 heavy (non-hydrogen) atoms. The van der Waals surface area contributed by atoms with Crippen LogP contribution in [0, 0.1) is 28.6 Å². The second-order valence-corrected chi connectivity index (χ2v) is 9.81. The molecule has 6 atom stereocenters. The minimum atomic E-state index is 0.330. The average Bonchev–Trinajstić information content (AvgIpc) is 3.00. The molecule has 2 saturated carbocycles. The molecule has 1 aromatic rings. The lowest BCUT2D eigenvalue weighted by atomic mass is 9.47. The van der Waals surface area contributed by atoms with Crippen LogP contribution in [-0.2, 0) is 0 Å². The van der Waals surface area contributed by atoms with E-state index in [0.29, 0.717) is 16.9 Å². The lowest BCUT2D eigenvalue weighted by Crippen LogP contribution is -2.50. The van der Waals surface area contributed by atoms with Crippen LogP contribution in [0.1, 0.15) is 64.4 Å². The third-order valence-corrected chi connectivity index (χ3v) is 8.70. The van der Waals surface area contributed by atoms with Crippen LogP contribution in [0.5, 0.6) is 0 Å². The predicted molar refractivity (Wildman–Crippen MR) is 107 cm³/mol. The zero-order valence-electron chi connectivity index (χ0n) is 16.2. The molecule has 0 saturated heterocycles. The number of rotatable bonds is 1. The largest absolute Gasteiger partial charge is 0.327 e. The minimum absolute atomic E-state index is 0.330. The van der Waals surface area contributed by atoms with E-state index < -0.39 is 0 Å². The van der Waals surface area contributed by atoms with E-state index in [0.717, 1.165) is 24.2 Å². The highest BCUT2D eigenvalue weighted by Gasteiger charge is 2.56. The van der Waals surface area contributed by atoms with E-state index >= 15 is 0 Å². The van der Waals surface area contributed by atoms with Crippen LogP contribution in [0.25, 0.3) is 5.57 Å². The van der Waals surface area contributed by atoms with Crippen molar-refractivity contribution in [3.05, 3.63) is 47.8 Å². The fourth-order valence-corrected chi connectivity index (χ4v) is 7.23. The van der Waals surface area contributed by atoms with E-state index in [2.05, 4.69) is 49.3 Å². The maximum Gasteiger partial charge on any atom is 0.0343 e. The monoisotopic (exact) mass is 348 g/mol. The van der Waals surface area contributed by atoms with Gasteiger partial charge in [0.25, 0.3) is 0 Å². The maximum absolute atomic E-state index is 6.30. The fraction of sp³-hybridized carbons (Fsp3) is 0.625. The molecule has 0 bridgehead atoms. The van der Waals surface area contributed by atoms with Crippen LogP contribution in [-0.4, -0.2) is 11.0 Å². The molecule has 6 unspecified atom stereocenters. The number of nitrogens with zero attached hydrogens (tertiary/aromatic N) is 1. The number of fused-ring (bicyclic) bond motifs is 5. The Kier molecular flexibility index (Phi) is 3.73. The zero-order chi connectivity index (χ0) is 17.9. The van der Waals surface area contributed by atoms with E-state index in [-0.39, 0.29) is 0 Å². The van der Waals surface area contributed by atoms with E-state index in [9.17, 15) is 0 Å². The van der Waals surface area contributed by atoms with Crippen molar-refractivity contribution in [1.29, 1.82) is 0 Å². The van der Waals surface area contributed by atoms with E-state index in [1.165, 1.54) is 44.1 Å². The summed E-state index contributed by atoms with van der Waals surface area (Å²) in [7, 11) is 0. The van der Waals surface area contributed by atoms with Gasteiger partial charge in [0.05, 0.1) is 0 Å². The van der Waals surface area contributed by atoms with Gasteiger partial charge in [-0.1, -0.05) is 37.6 Å². The summed E-state index contributed by atoms with van der Waals surface area (Å²) in [5.74, 6) is 2.48. The van der Waals surface area contributed by atoms with Crippen molar-refractivity contribution in [2.45, 2.75) is 64.8 Å². The Hall–Kier alpha value is -1.41. The highest BCUT2D eigenvalue weighted by Crippen LogP contribution is 2.66. The average molecular weight is 349 g/mol. The molecule has 4 aliphatic rings. The molecule has 1 heterocycles. The number of nitrogens with two attached hydrogens (primary N) is 1. The van der Waals surface area contributed by atoms with Gasteiger partial charge in [0.1, 0.15) is 0 Å². The highest BCUT2D eigenvalue weighted by atomic mass is 14.7. The van der Waals surface area contributed by atoms with Gasteiger partial charge in [-0.05, 0) is 90.7 Å². The van der Waals surface area contributed by atoms with E-state index in [4.69, 9.17) is 5.73 Å². The predicted octanol–water partition coefficient (Wildman–Crippen LogP) is 5.37. The maximum atomic E-state index is 6.30. The first kappa shape index (κ1) is 16.7. The van der Waals surface area contributed by atoms with E-state index in [1.54, 1.807) is 11.1 Å². The summed E-state index contributed by atoms with van der Waals surface area (Å²) >= 11 is 0.